The summed E-state index contributed by atoms with van der Waals surface area (Å²) in [6.07, 6.45) is 1.69. The van der Waals surface area contributed by atoms with E-state index < -0.39 is 0 Å². The van der Waals surface area contributed by atoms with E-state index in [-0.39, 0.29) is 35.5 Å². The maximum Gasteiger partial charge on any atom is 0.271 e. The molecule has 3 atom stereocenters. The second kappa shape index (κ2) is 7.65. The zero-order valence-corrected chi connectivity index (χ0v) is 15.1. The normalized spacial score (nSPS) is 20.6. The van der Waals surface area contributed by atoms with E-state index in [1.54, 1.807) is 10.9 Å². The molecule has 3 heterocycles. The molecule has 1 saturated heterocycles. The first-order chi connectivity index (χ1) is 12.5. The Labute approximate surface area is 151 Å². The third kappa shape index (κ3) is 3.60. The average molecular weight is 357 g/mol. The molecule has 3 rings (SSSR count). The van der Waals surface area contributed by atoms with Crippen molar-refractivity contribution in [3.63, 3.8) is 0 Å². The van der Waals surface area contributed by atoms with E-state index in [1.807, 2.05) is 32.0 Å². The lowest BCUT2D eigenvalue weighted by Crippen LogP contribution is -2.40. The third-order valence-corrected chi connectivity index (χ3v) is 4.59. The Bertz CT molecular complexity index is 789. The van der Waals surface area contributed by atoms with Gasteiger partial charge in [0.1, 0.15) is 5.69 Å². The maximum absolute atomic E-state index is 12.8. The van der Waals surface area contributed by atoms with E-state index in [9.17, 15) is 9.59 Å². The van der Waals surface area contributed by atoms with Crippen molar-refractivity contribution in [2.75, 3.05) is 20.3 Å². The molecule has 2 N–H and O–H groups in total. The van der Waals surface area contributed by atoms with Crippen LogP contribution in [-0.2, 0) is 4.74 Å². The zero-order valence-electron chi connectivity index (χ0n) is 15.1. The fourth-order valence-electron chi connectivity index (χ4n) is 2.93. The van der Waals surface area contributed by atoms with Crippen molar-refractivity contribution >= 4 is 11.8 Å². The van der Waals surface area contributed by atoms with Crippen LogP contribution in [0.2, 0.25) is 0 Å². The van der Waals surface area contributed by atoms with Crippen molar-refractivity contribution in [1.82, 2.24) is 25.4 Å². The summed E-state index contributed by atoms with van der Waals surface area (Å²) in [6.45, 7) is 5.03. The van der Waals surface area contributed by atoms with E-state index in [0.29, 0.717) is 18.9 Å². The number of nitrogens with one attached hydrogen (secondary N) is 2. The topological polar surface area (TPSA) is 98.1 Å². The Morgan fingerprint density at radius 2 is 2.12 bits per heavy atom. The standard InChI is InChI=1S/C18H23N5O3/c1-11-9-26-10-15(11)21-18(25)16-8-14(17(24)19-3)22-23(16)12(2)13-6-4-5-7-20-13/h4-8,11-12,15H,9-10H2,1-3H3,(H,19,24)(H,21,25). The number of rotatable bonds is 5. The fourth-order valence-corrected chi connectivity index (χ4v) is 2.93. The number of hydrogen-bond acceptors (Lipinski definition) is 5. The monoisotopic (exact) mass is 357 g/mol. The molecule has 0 saturated carbocycles. The van der Waals surface area contributed by atoms with Crippen LogP contribution in [0.3, 0.4) is 0 Å². The molecule has 26 heavy (non-hydrogen) atoms. The van der Waals surface area contributed by atoms with Crippen molar-refractivity contribution in [1.29, 1.82) is 0 Å². The lowest BCUT2D eigenvalue weighted by atomic mass is 10.1. The summed E-state index contributed by atoms with van der Waals surface area (Å²) in [6, 6.07) is 6.71. The Morgan fingerprint density at radius 1 is 1.31 bits per heavy atom. The molecule has 138 valence electrons. The van der Waals surface area contributed by atoms with Gasteiger partial charge in [0, 0.05) is 25.2 Å². The minimum atomic E-state index is -0.344. The number of nitrogens with zero attached hydrogens (tertiary/aromatic N) is 3. The van der Waals surface area contributed by atoms with Crippen LogP contribution in [0.25, 0.3) is 0 Å². The summed E-state index contributed by atoms with van der Waals surface area (Å²) in [5.74, 6) is -0.386. The highest BCUT2D eigenvalue weighted by Gasteiger charge is 2.29. The number of carbonyl (C=O) groups is 2. The van der Waals surface area contributed by atoms with E-state index in [0.717, 1.165) is 5.69 Å². The zero-order chi connectivity index (χ0) is 18.7. The molecule has 1 aliphatic heterocycles. The lowest BCUT2D eigenvalue weighted by Gasteiger charge is -2.18. The van der Waals surface area contributed by atoms with Gasteiger partial charge in [-0.1, -0.05) is 13.0 Å². The summed E-state index contributed by atoms with van der Waals surface area (Å²) in [5.41, 5.74) is 1.27. The van der Waals surface area contributed by atoms with E-state index in [2.05, 4.69) is 20.7 Å². The van der Waals surface area contributed by atoms with Crippen LogP contribution in [-0.4, -0.2) is 52.9 Å². The van der Waals surface area contributed by atoms with Crippen LogP contribution in [0.15, 0.2) is 30.5 Å². The molecule has 0 aromatic carbocycles. The molecule has 2 amide bonds. The first kappa shape index (κ1) is 18.1. The van der Waals surface area contributed by atoms with Gasteiger partial charge in [-0.05, 0) is 19.1 Å². The van der Waals surface area contributed by atoms with E-state index in [4.69, 9.17) is 4.74 Å². The van der Waals surface area contributed by atoms with Gasteiger partial charge in [0.2, 0.25) is 0 Å². The molecule has 8 nitrogen and oxygen atoms in total. The van der Waals surface area contributed by atoms with Gasteiger partial charge >= 0.3 is 0 Å². The highest BCUT2D eigenvalue weighted by Crippen LogP contribution is 2.19. The van der Waals surface area contributed by atoms with Gasteiger partial charge in [-0.25, -0.2) is 0 Å². The average Bonchev–Trinajstić information content (AvgIpc) is 3.28. The van der Waals surface area contributed by atoms with Crippen LogP contribution in [0.4, 0.5) is 0 Å². The Balaban J connectivity index is 1.93. The van der Waals surface area contributed by atoms with Crippen molar-refractivity contribution in [2.45, 2.75) is 25.9 Å². The van der Waals surface area contributed by atoms with Crippen LogP contribution in [0, 0.1) is 5.92 Å². The molecule has 1 fully saturated rings. The van der Waals surface area contributed by atoms with Crippen molar-refractivity contribution in [3.05, 3.63) is 47.5 Å². The third-order valence-electron chi connectivity index (χ3n) is 4.59. The van der Waals surface area contributed by atoms with Crippen LogP contribution in [0.1, 0.15) is 46.6 Å². The highest BCUT2D eigenvalue weighted by molar-refractivity contribution is 5.98. The van der Waals surface area contributed by atoms with Crippen molar-refractivity contribution in [3.8, 4) is 0 Å². The number of aromatic nitrogens is 3. The molecule has 0 spiro atoms. The second-order valence-electron chi connectivity index (χ2n) is 6.46. The second-order valence-corrected chi connectivity index (χ2v) is 6.46. The molecule has 2 aromatic heterocycles. The van der Waals surface area contributed by atoms with Gasteiger partial charge in [-0.15, -0.1) is 0 Å². The molecule has 0 aliphatic carbocycles. The van der Waals surface area contributed by atoms with Crippen LogP contribution >= 0.6 is 0 Å². The molecular weight excluding hydrogens is 334 g/mol. The Hall–Kier alpha value is -2.74. The number of carbonyl (C=O) groups excluding carboxylic acids is 2. The van der Waals surface area contributed by atoms with Gasteiger partial charge < -0.3 is 15.4 Å². The molecule has 0 radical (unpaired) electrons. The Morgan fingerprint density at radius 3 is 2.73 bits per heavy atom. The van der Waals surface area contributed by atoms with Crippen LogP contribution in [0.5, 0.6) is 0 Å². The molecule has 0 bridgehead atoms. The smallest absolute Gasteiger partial charge is 0.271 e. The van der Waals surface area contributed by atoms with Gasteiger partial charge in [0.05, 0.1) is 31.0 Å². The summed E-state index contributed by atoms with van der Waals surface area (Å²) >= 11 is 0. The summed E-state index contributed by atoms with van der Waals surface area (Å²) in [4.78, 5) is 29.2. The molecular formula is C18H23N5O3. The SMILES string of the molecule is CNC(=O)c1cc(C(=O)NC2COCC2C)n(C(C)c2ccccn2)n1. The van der Waals surface area contributed by atoms with Crippen molar-refractivity contribution < 1.29 is 14.3 Å². The maximum atomic E-state index is 12.8. The van der Waals surface area contributed by atoms with Crippen molar-refractivity contribution in [2.24, 2.45) is 5.92 Å². The Kier molecular flexibility index (Phi) is 5.32. The predicted octanol–water partition coefficient (Wildman–Crippen LogP) is 1.01. The predicted molar refractivity (Wildman–Crippen MR) is 94.9 cm³/mol. The first-order valence-corrected chi connectivity index (χ1v) is 8.62. The number of hydrogen-bond donors (Lipinski definition) is 2. The fraction of sp³-hybridized carbons (Fsp3) is 0.444. The number of amides is 2. The molecule has 8 heteroatoms. The largest absolute Gasteiger partial charge is 0.379 e. The summed E-state index contributed by atoms with van der Waals surface area (Å²) in [7, 11) is 1.53. The molecule has 2 aromatic rings. The number of pyridine rings is 1. The van der Waals surface area contributed by atoms with E-state index >= 15 is 0 Å². The summed E-state index contributed by atoms with van der Waals surface area (Å²) < 4.78 is 6.95. The summed E-state index contributed by atoms with van der Waals surface area (Å²) in [5, 5.41) is 9.87. The van der Waals surface area contributed by atoms with Gasteiger partial charge in [0.25, 0.3) is 11.8 Å². The molecule has 1 aliphatic rings. The lowest BCUT2D eigenvalue weighted by molar-refractivity contribution is 0.0912. The van der Waals surface area contributed by atoms with E-state index in [1.165, 1.54) is 13.1 Å². The van der Waals surface area contributed by atoms with Gasteiger partial charge in [0.15, 0.2) is 5.69 Å². The minimum absolute atomic E-state index is 0.0561. The highest BCUT2D eigenvalue weighted by atomic mass is 16.5. The quantitative estimate of drug-likeness (QED) is 0.832. The van der Waals surface area contributed by atoms with Gasteiger partial charge in [-0.2, -0.15) is 5.10 Å². The first-order valence-electron chi connectivity index (χ1n) is 8.62. The number of ether oxygens (including phenoxy) is 1. The minimum Gasteiger partial charge on any atom is -0.379 e. The van der Waals surface area contributed by atoms with Crippen LogP contribution < -0.4 is 10.6 Å². The van der Waals surface area contributed by atoms with Gasteiger partial charge in [-0.3, -0.25) is 19.3 Å². The molecule has 3 unspecified atom stereocenters.